The zero-order valence-electron chi connectivity index (χ0n) is 12.6. The molecule has 1 amide bonds. The number of primary amides is 1. The Labute approximate surface area is 126 Å². The molecule has 0 spiro atoms. The number of anilines is 1. The van der Waals surface area contributed by atoms with E-state index in [1.54, 1.807) is 7.11 Å². The predicted octanol–water partition coefficient (Wildman–Crippen LogP) is 0.609. The van der Waals surface area contributed by atoms with Crippen molar-refractivity contribution in [1.82, 2.24) is 4.90 Å². The molecular formula is C15H25N3O3. The highest BCUT2D eigenvalue weighted by molar-refractivity contribution is 5.75. The summed E-state index contributed by atoms with van der Waals surface area (Å²) in [6, 6.07) is 7.60. The number of amides is 1. The quantitative estimate of drug-likeness (QED) is 0.461. The summed E-state index contributed by atoms with van der Waals surface area (Å²) >= 11 is 0. The van der Waals surface area contributed by atoms with Crippen LogP contribution in [0.15, 0.2) is 24.3 Å². The third-order valence-electron chi connectivity index (χ3n) is 3.02. The Morgan fingerprint density at radius 2 is 2.00 bits per heavy atom. The maximum absolute atomic E-state index is 11.2. The number of rotatable bonds is 11. The fourth-order valence-corrected chi connectivity index (χ4v) is 1.95. The lowest BCUT2D eigenvalue weighted by atomic mass is 10.1. The van der Waals surface area contributed by atoms with Gasteiger partial charge in [0, 0.05) is 39.1 Å². The van der Waals surface area contributed by atoms with Crippen molar-refractivity contribution in [2.75, 3.05) is 45.8 Å². The molecule has 1 aromatic carbocycles. The summed E-state index contributed by atoms with van der Waals surface area (Å²) in [7, 11) is 1.67. The van der Waals surface area contributed by atoms with E-state index in [0.29, 0.717) is 38.6 Å². The molecule has 118 valence electrons. The molecule has 0 aliphatic heterocycles. The number of ether oxygens (including phenoxy) is 2. The Morgan fingerprint density at radius 3 is 2.67 bits per heavy atom. The van der Waals surface area contributed by atoms with E-state index < -0.39 is 0 Å². The van der Waals surface area contributed by atoms with E-state index in [-0.39, 0.29) is 12.5 Å². The van der Waals surface area contributed by atoms with Gasteiger partial charge >= 0.3 is 0 Å². The van der Waals surface area contributed by atoms with Crippen LogP contribution in [0, 0.1) is 0 Å². The molecule has 1 rings (SSSR count). The van der Waals surface area contributed by atoms with Crippen LogP contribution in [0.4, 0.5) is 5.69 Å². The van der Waals surface area contributed by atoms with Crippen LogP contribution >= 0.6 is 0 Å². The monoisotopic (exact) mass is 295 g/mol. The number of nitrogens with zero attached hydrogens (tertiary/aromatic N) is 1. The van der Waals surface area contributed by atoms with Crippen LogP contribution in [0.2, 0.25) is 0 Å². The maximum Gasteiger partial charge on any atom is 0.231 e. The van der Waals surface area contributed by atoms with Gasteiger partial charge in [-0.25, -0.2) is 0 Å². The molecule has 0 aromatic heterocycles. The van der Waals surface area contributed by atoms with Crippen molar-refractivity contribution >= 4 is 11.6 Å². The molecule has 4 N–H and O–H groups in total. The fourth-order valence-electron chi connectivity index (χ4n) is 1.95. The average molecular weight is 295 g/mol. The Hall–Kier alpha value is -1.63. The number of carbonyl (C=O) groups excluding carboxylic acids is 1. The summed E-state index contributed by atoms with van der Waals surface area (Å²) in [5.41, 5.74) is 12.9. The van der Waals surface area contributed by atoms with Crippen LogP contribution in [0.1, 0.15) is 12.0 Å². The molecule has 0 fully saturated rings. The molecule has 0 unspecified atom stereocenters. The summed E-state index contributed by atoms with van der Waals surface area (Å²) in [6.07, 6.45) is 0.859. The average Bonchev–Trinajstić information content (AvgIpc) is 2.44. The number of hydrogen-bond acceptors (Lipinski definition) is 5. The smallest absolute Gasteiger partial charge is 0.231 e. The van der Waals surface area contributed by atoms with Gasteiger partial charge in [0.15, 0.2) is 0 Å². The van der Waals surface area contributed by atoms with Gasteiger partial charge in [0.25, 0.3) is 0 Å². The molecule has 1 aromatic rings. The Morgan fingerprint density at radius 1 is 1.24 bits per heavy atom. The number of carbonyl (C=O) groups is 1. The molecule has 0 atom stereocenters. The second-order valence-corrected chi connectivity index (χ2v) is 4.83. The Balaban J connectivity index is 2.41. The first-order chi connectivity index (χ1) is 10.1. The first-order valence-corrected chi connectivity index (χ1v) is 7.04. The second-order valence-electron chi connectivity index (χ2n) is 4.83. The van der Waals surface area contributed by atoms with Gasteiger partial charge in [0.1, 0.15) is 0 Å². The van der Waals surface area contributed by atoms with Gasteiger partial charge in [-0.2, -0.15) is 0 Å². The molecule has 0 saturated heterocycles. The van der Waals surface area contributed by atoms with Crippen LogP contribution in [-0.2, 0) is 20.8 Å². The molecule has 0 aliphatic carbocycles. The lowest BCUT2D eigenvalue weighted by molar-refractivity contribution is -0.119. The van der Waals surface area contributed by atoms with E-state index in [1.807, 2.05) is 29.2 Å². The van der Waals surface area contributed by atoms with E-state index >= 15 is 0 Å². The molecule has 21 heavy (non-hydrogen) atoms. The minimum atomic E-state index is -0.358. The predicted molar refractivity (Wildman–Crippen MR) is 82.6 cm³/mol. The Bertz CT molecular complexity index is 426. The SMILES string of the molecule is COCCCOCCN(CC(N)=O)Cc1ccccc1N. The summed E-state index contributed by atoms with van der Waals surface area (Å²) in [6.45, 7) is 3.28. The highest BCUT2D eigenvalue weighted by Gasteiger charge is 2.10. The van der Waals surface area contributed by atoms with Gasteiger partial charge in [-0.3, -0.25) is 9.69 Å². The van der Waals surface area contributed by atoms with Crippen LogP contribution in [0.5, 0.6) is 0 Å². The number of methoxy groups -OCH3 is 1. The van der Waals surface area contributed by atoms with Gasteiger partial charge < -0.3 is 20.9 Å². The minimum Gasteiger partial charge on any atom is -0.398 e. The molecule has 0 saturated carbocycles. The van der Waals surface area contributed by atoms with Crippen LogP contribution < -0.4 is 11.5 Å². The highest BCUT2D eigenvalue weighted by Crippen LogP contribution is 2.13. The summed E-state index contributed by atoms with van der Waals surface area (Å²) in [5.74, 6) is -0.358. The van der Waals surface area contributed by atoms with Gasteiger partial charge in [-0.1, -0.05) is 18.2 Å². The van der Waals surface area contributed by atoms with Crippen LogP contribution in [-0.4, -0.2) is 50.8 Å². The van der Waals surface area contributed by atoms with E-state index in [2.05, 4.69) is 0 Å². The van der Waals surface area contributed by atoms with Crippen molar-refractivity contribution in [2.45, 2.75) is 13.0 Å². The summed E-state index contributed by atoms with van der Waals surface area (Å²) < 4.78 is 10.5. The van der Waals surface area contributed by atoms with Crippen molar-refractivity contribution in [3.05, 3.63) is 29.8 Å². The third-order valence-corrected chi connectivity index (χ3v) is 3.02. The topological polar surface area (TPSA) is 90.8 Å². The van der Waals surface area contributed by atoms with Crippen LogP contribution in [0.3, 0.4) is 0 Å². The van der Waals surface area contributed by atoms with Gasteiger partial charge in [0.05, 0.1) is 13.2 Å². The van der Waals surface area contributed by atoms with E-state index in [4.69, 9.17) is 20.9 Å². The molecule has 0 radical (unpaired) electrons. The van der Waals surface area contributed by atoms with Crippen molar-refractivity contribution in [3.63, 3.8) is 0 Å². The lowest BCUT2D eigenvalue weighted by Gasteiger charge is -2.21. The standard InChI is InChI=1S/C15H25N3O3/c1-20-8-4-9-21-10-7-18(12-15(17)19)11-13-5-2-3-6-14(13)16/h2-3,5-6H,4,7-12,16H2,1H3,(H2,17,19). The van der Waals surface area contributed by atoms with E-state index in [1.165, 1.54) is 0 Å². The van der Waals surface area contributed by atoms with Crippen molar-refractivity contribution in [1.29, 1.82) is 0 Å². The van der Waals surface area contributed by atoms with Gasteiger partial charge in [0.2, 0.25) is 5.91 Å². The maximum atomic E-state index is 11.2. The number of nitrogen functional groups attached to an aromatic ring is 1. The van der Waals surface area contributed by atoms with Crippen molar-refractivity contribution in [3.8, 4) is 0 Å². The highest BCUT2D eigenvalue weighted by atomic mass is 16.5. The first-order valence-electron chi connectivity index (χ1n) is 7.04. The molecule has 0 aliphatic rings. The molecule has 6 heteroatoms. The normalized spacial score (nSPS) is 11.0. The number of hydrogen-bond donors (Lipinski definition) is 2. The Kier molecular flexibility index (Phi) is 8.42. The van der Waals surface area contributed by atoms with Crippen molar-refractivity contribution < 1.29 is 14.3 Å². The minimum absolute atomic E-state index is 0.190. The molecular weight excluding hydrogens is 270 g/mol. The largest absolute Gasteiger partial charge is 0.398 e. The zero-order chi connectivity index (χ0) is 15.5. The van der Waals surface area contributed by atoms with Crippen LogP contribution in [0.25, 0.3) is 0 Å². The number of para-hydroxylation sites is 1. The lowest BCUT2D eigenvalue weighted by Crippen LogP contribution is -2.35. The molecule has 0 heterocycles. The molecule has 6 nitrogen and oxygen atoms in total. The van der Waals surface area contributed by atoms with Crippen molar-refractivity contribution in [2.24, 2.45) is 5.73 Å². The molecule has 0 bridgehead atoms. The second kappa shape index (κ2) is 10.1. The third kappa shape index (κ3) is 7.65. The summed E-state index contributed by atoms with van der Waals surface area (Å²) in [5, 5.41) is 0. The number of benzene rings is 1. The number of nitrogens with two attached hydrogens (primary N) is 2. The first kappa shape index (κ1) is 17.4. The fraction of sp³-hybridized carbons (Fsp3) is 0.533. The summed E-state index contributed by atoms with van der Waals surface area (Å²) in [4.78, 5) is 13.1. The van der Waals surface area contributed by atoms with E-state index in [0.717, 1.165) is 12.0 Å². The van der Waals surface area contributed by atoms with Gasteiger partial charge in [-0.15, -0.1) is 0 Å². The van der Waals surface area contributed by atoms with Gasteiger partial charge in [-0.05, 0) is 18.1 Å². The zero-order valence-corrected chi connectivity index (χ0v) is 12.6. The van der Waals surface area contributed by atoms with E-state index in [9.17, 15) is 4.79 Å².